The number of carbonyl (C=O) groups is 2. The van der Waals surface area contributed by atoms with Crippen molar-refractivity contribution in [1.29, 1.82) is 0 Å². The van der Waals surface area contributed by atoms with E-state index in [4.69, 9.17) is 11.6 Å². The van der Waals surface area contributed by atoms with Crippen LogP contribution in [0, 0.1) is 5.82 Å². The van der Waals surface area contributed by atoms with Gasteiger partial charge in [-0.1, -0.05) is 0 Å². The molecule has 2 aromatic rings. The number of nitrogens with one attached hydrogen (secondary N) is 1. The van der Waals surface area contributed by atoms with Gasteiger partial charge in [-0.05, 0) is 7.05 Å². The molecule has 2 aromatic heterocycles. The van der Waals surface area contributed by atoms with E-state index in [9.17, 15) is 14.0 Å². The van der Waals surface area contributed by atoms with Crippen LogP contribution in [0.2, 0.25) is 0 Å². The Labute approximate surface area is 149 Å². The fraction of sp³-hybridized carbons (Fsp3) is 0.312. The lowest BCUT2D eigenvalue weighted by Crippen LogP contribution is -2.49. The van der Waals surface area contributed by atoms with Crippen LogP contribution >= 0.6 is 0 Å². The molecule has 3 heterocycles. The SMILES string of the molecule is CN1CCN(C(=O)C(=O)c2c[nH]c3c(N(N)/C=C\N)ncc(F)c23)CC1. The molecular formula is C16H20FN7O2. The highest BCUT2D eigenvalue weighted by Gasteiger charge is 2.29. The van der Waals surface area contributed by atoms with Crippen molar-refractivity contribution < 1.29 is 14.0 Å². The number of hydrazine groups is 1. The number of fused-ring (bicyclic) bond motifs is 1. The number of H-pyrrole nitrogens is 1. The number of amides is 1. The third-order valence-corrected chi connectivity index (χ3v) is 4.36. The smallest absolute Gasteiger partial charge is 0.295 e. The Morgan fingerprint density at radius 3 is 2.69 bits per heavy atom. The molecule has 138 valence electrons. The second-order valence-corrected chi connectivity index (χ2v) is 6.06. The Kier molecular flexibility index (Phi) is 4.87. The van der Waals surface area contributed by atoms with Crippen molar-refractivity contribution in [2.24, 2.45) is 11.6 Å². The van der Waals surface area contributed by atoms with Crippen molar-refractivity contribution in [3.63, 3.8) is 0 Å². The second kappa shape index (κ2) is 7.10. The van der Waals surface area contributed by atoms with Crippen LogP contribution in [0.5, 0.6) is 0 Å². The molecule has 5 N–H and O–H groups in total. The molecule has 0 spiro atoms. The molecule has 1 saturated heterocycles. The van der Waals surface area contributed by atoms with Gasteiger partial charge in [0.25, 0.3) is 11.7 Å². The number of aromatic nitrogens is 2. The molecule has 0 atom stereocenters. The van der Waals surface area contributed by atoms with E-state index in [0.717, 1.165) is 11.2 Å². The number of anilines is 1. The predicted octanol–water partition coefficient (Wildman–Crippen LogP) is -0.231. The van der Waals surface area contributed by atoms with Crippen LogP contribution in [-0.4, -0.2) is 64.7 Å². The first-order valence-electron chi connectivity index (χ1n) is 8.04. The minimum atomic E-state index is -0.769. The summed E-state index contributed by atoms with van der Waals surface area (Å²) in [6.45, 7) is 2.28. The van der Waals surface area contributed by atoms with Gasteiger partial charge < -0.3 is 20.5 Å². The average molecular weight is 361 g/mol. The topological polar surface area (TPSA) is 125 Å². The van der Waals surface area contributed by atoms with Crippen molar-refractivity contribution in [2.45, 2.75) is 0 Å². The normalized spacial score (nSPS) is 15.7. The average Bonchev–Trinajstić information content (AvgIpc) is 3.07. The summed E-state index contributed by atoms with van der Waals surface area (Å²) in [4.78, 5) is 35.4. The first-order valence-corrected chi connectivity index (χ1v) is 8.04. The highest BCUT2D eigenvalue weighted by Crippen LogP contribution is 2.28. The molecule has 0 aliphatic carbocycles. The van der Waals surface area contributed by atoms with Crippen molar-refractivity contribution in [2.75, 3.05) is 38.2 Å². The van der Waals surface area contributed by atoms with Crippen molar-refractivity contribution >= 4 is 28.4 Å². The summed E-state index contributed by atoms with van der Waals surface area (Å²) in [5.41, 5.74) is 5.47. The first-order chi connectivity index (χ1) is 12.4. The van der Waals surface area contributed by atoms with E-state index in [2.05, 4.69) is 14.9 Å². The Morgan fingerprint density at radius 2 is 2.04 bits per heavy atom. The number of nitrogens with zero attached hydrogens (tertiary/aromatic N) is 4. The summed E-state index contributed by atoms with van der Waals surface area (Å²) in [6.07, 6.45) is 4.78. The molecule has 0 unspecified atom stereocenters. The van der Waals surface area contributed by atoms with Crippen LogP contribution < -0.4 is 16.6 Å². The number of aromatic amines is 1. The molecule has 10 heteroatoms. The van der Waals surface area contributed by atoms with Gasteiger partial charge in [0.05, 0.1) is 22.7 Å². The number of carbonyl (C=O) groups excluding carboxylic acids is 2. The molecule has 1 aliphatic rings. The van der Waals surface area contributed by atoms with Crippen LogP contribution in [0.4, 0.5) is 10.2 Å². The molecule has 0 saturated carbocycles. The molecule has 1 amide bonds. The van der Waals surface area contributed by atoms with Gasteiger partial charge in [-0.15, -0.1) is 0 Å². The minimum Gasteiger partial charge on any atom is -0.403 e. The van der Waals surface area contributed by atoms with Gasteiger partial charge in [0.2, 0.25) is 0 Å². The summed E-state index contributed by atoms with van der Waals surface area (Å²) in [5.74, 6) is 3.83. The van der Waals surface area contributed by atoms with Crippen LogP contribution in [0.1, 0.15) is 10.4 Å². The molecule has 1 fully saturated rings. The molecule has 0 aromatic carbocycles. The van der Waals surface area contributed by atoms with Crippen molar-refractivity contribution in [3.8, 4) is 0 Å². The number of Topliss-reactive ketones (excluding diaryl/α,β-unsaturated/α-hetero) is 1. The highest BCUT2D eigenvalue weighted by molar-refractivity contribution is 6.45. The predicted molar refractivity (Wildman–Crippen MR) is 94.5 cm³/mol. The number of likely N-dealkylation sites (N-methyl/N-ethyl adjacent to an activating group) is 1. The fourth-order valence-electron chi connectivity index (χ4n) is 2.90. The number of nitrogens with two attached hydrogens (primary N) is 2. The van der Waals surface area contributed by atoms with Gasteiger partial charge in [0.15, 0.2) is 11.6 Å². The lowest BCUT2D eigenvalue weighted by Gasteiger charge is -2.31. The van der Waals surface area contributed by atoms with E-state index >= 15 is 0 Å². The molecule has 3 rings (SSSR count). The quantitative estimate of drug-likeness (QED) is 0.297. The van der Waals surface area contributed by atoms with Crippen molar-refractivity contribution in [3.05, 3.63) is 36.2 Å². The van der Waals surface area contributed by atoms with E-state index in [-0.39, 0.29) is 22.3 Å². The zero-order valence-electron chi connectivity index (χ0n) is 14.3. The lowest BCUT2D eigenvalue weighted by molar-refractivity contribution is -0.127. The molecule has 0 bridgehead atoms. The van der Waals surface area contributed by atoms with Crippen LogP contribution in [-0.2, 0) is 4.79 Å². The van der Waals surface area contributed by atoms with E-state index in [1.165, 1.54) is 23.5 Å². The van der Waals surface area contributed by atoms with E-state index in [1.54, 1.807) is 0 Å². The number of hydrogen-bond donors (Lipinski definition) is 3. The first kappa shape index (κ1) is 17.8. The van der Waals surface area contributed by atoms with Crippen molar-refractivity contribution in [1.82, 2.24) is 19.8 Å². The highest BCUT2D eigenvalue weighted by atomic mass is 19.1. The maximum absolute atomic E-state index is 14.4. The maximum atomic E-state index is 14.4. The van der Waals surface area contributed by atoms with Gasteiger partial charge in [0, 0.05) is 44.8 Å². The fourth-order valence-corrected chi connectivity index (χ4v) is 2.90. The maximum Gasteiger partial charge on any atom is 0.295 e. The number of hydrogen-bond acceptors (Lipinski definition) is 7. The zero-order valence-corrected chi connectivity index (χ0v) is 14.3. The van der Waals surface area contributed by atoms with Gasteiger partial charge in [-0.3, -0.25) is 14.6 Å². The number of pyridine rings is 1. The van der Waals surface area contributed by atoms with Gasteiger partial charge in [0.1, 0.15) is 0 Å². The number of ketones is 1. The third kappa shape index (κ3) is 3.11. The number of halogens is 1. The Bertz CT molecular complexity index is 871. The molecule has 9 nitrogen and oxygen atoms in total. The minimum absolute atomic E-state index is 0.0247. The third-order valence-electron chi connectivity index (χ3n) is 4.36. The van der Waals surface area contributed by atoms with E-state index in [0.29, 0.717) is 26.2 Å². The zero-order chi connectivity index (χ0) is 18.8. The summed E-state index contributed by atoms with van der Waals surface area (Å²) < 4.78 is 14.4. The Balaban J connectivity index is 1.96. The summed E-state index contributed by atoms with van der Waals surface area (Å²) in [5, 5.41) is 1.07. The summed E-state index contributed by atoms with van der Waals surface area (Å²) in [6, 6.07) is 0. The van der Waals surface area contributed by atoms with Gasteiger partial charge >= 0.3 is 0 Å². The van der Waals surface area contributed by atoms with Crippen LogP contribution in [0.3, 0.4) is 0 Å². The summed E-state index contributed by atoms with van der Waals surface area (Å²) >= 11 is 0. The molecule has 1 aliphatic heterocycles. The van der Waals surface area contributed by atoms with E-state index in [1.807, 2.05) is 7.05 Å². The molecule has 26 heavy (non-hydrogen) atoms. The molecule has 0 radical (unpaired) electrons. The van der Waals surface area contributed by atoms with Gasteiger partial charge in [-0.25, -0.2) is 15.2 Å². The second-order valence-electron chi connectivity index (χ2n) is 6.06. The Hall–Kier alpha value is -2.98. The number of piperazine rings is 1. The number of rotatable bonds is 4. The summed E-state index contributed by atoms with van der Waals surface area (Å²) in [7, 11) is 1.95. The van der Waals surface area contributed by atoms with Gasteiger partial charge in [-0.2, -0.15) is 0 Å². The van der Waals surface area contributed by atoms with Crippen LogP contribution in [0.15, 0.2) is 24.8 Å². The lowest BCUT2D eigenvalue weighted by atomic mass is 10.1. The largest absolute Gasteiger partial charge is 0.403 e. The standard InChI is InChI=1S/C16H20FN7O2/c1-22-4-6-23(7-5-22)16(26)14(25)10-8-20-13-12(10)11(17)9-21-15(13)24(19)3-2-18/h2-3,8-9,20H,4-7,18-19H2,1H3/b3-2-. The molecular weight excluding hydrogens is 341 g/mol. The van der Waals surface area contributed by atoms with E-state index < -0.39 is 17.5 Å². The monoisotopic (exact) mass is 361 g/mol. The van der Waals surface area contributed by atoms with Crippen LogP contribution in [0.25, 0.3) is 10.9 Å². The Morgan fingerprint density at radius 1 is 1.35 bits per heavy atom.